The van der Waals surface area contributed by atoms with Crippen LogP contribution in [0.1, 0.15) is 34.5 Å². The monoisotopic (exact) mass is 387 g/mol. The number of aryl methyl sites for hydroxylation is 1. The maximum absolute atomic E-state index is 12.6. The Morgan fingerprint density at radius 1 is 0.793 bits per heavy atom. The lowest BCUT2D eigenvalue weighted by atomic mass is 10.1. The molecule has 148 valence electrons. The van der Waals surface area contributed by atoms with Crippen molar-refractivity contribution in [3.8, 4) is 0 Å². The van der Waals surface area contributed by atoms with Crippen molar-refractivity contribution < 1.29 is 9.59 Å². The number of carbonyl (C=O) groups is 2. The molecule has 0 radical (unpaired) electrons. The van der Waals surface area contributed by atoms with Gasteiger partial charge in [-0.1, -0.05) is 48.0 Å². The molecule has 2 N–H and O–H groups in total. The summed E-state index contributed by atoms with van der Waals surface area (Å²) < 4.78 is 0. The fraction of sp³-hybridized carbons (Fsp3) is 0.167. The number of anilines is 2. The van der Waals surface area contributed by atoms with Gasteiger partial charge in [-0.05, 0) is 55.8 Å². The van der Waals surface area contributed by atoms with Gasteiger partial charge in [-0.15, -0.1) is 0 Å². The Kier molecular flexibility index (Phi) is 6.29. The maximum atomic E-state index is 12.6. The molecule has 29 heavy (non-hydrogen) atoms. The maximum Gasteiger partial charge on any atom is 0.322 e. The molecule has 5 heteroatoms. The van der Waals surface area contributed by atoms with Crippen LogP contribution in [0.2, 0.25) is 0 Å². The minimum atomic E-state index is -0.209. The van der Waals surface area contributed by atoms with Crippen LogP contribution >= 0.6 is 0 Å². The fourth-order valence-corrected chi connectivity index (χ4v) is 2.89. The van der Waals surface area contributed by atoms with Gasteiger partial charge in [0.25, 0.3) is 5.91 Å². The number of amides is 3. The first-order chi connectivity index (χ1) is 13.9. The van der Waals surface area contributed by atoms with Gasteiger partial charge in [0.1, 0.15) is 0 Å². The third-order valence-corrected chi connectivity index (χ3v) is 4.89. The largest absolute Gasteiger partial charge is 0.322 e. The van der Waals surface area contributed by atoms with Crippen molar-refractivity contribution in [2.45, 2.75) is 19.9 Å². The Hall–Kier alpha value is -3.60. The normalized spacial score (nSPS) is 11.4. The van der Waals surface area contributed by atoms with Crippen molar-refractivity contribution in [1.29, 1.82) is 0 Å². The van der Waals surface area contributed by atoms with E-state index in [9.17, 15) is 9.59 Å². The third-order valence-electron chi connectivity index (χ3n) is 4.89. The Morgan fingerprint density at radius 2 is 1.38 bits per heavy atom. The van der Waals surface area contributed by atoms with E-state index < -0.39 is 0 Å². The zero-order valence-electron chi connectivity index (χ0n) is 16.8. The zero-order valence-corrected chi connectivity index (χ0v) is 16.8. The van der Waals surface area contributed by atoms with Crippen molar-refractivity contribution in [3.63, 3.8) is 0 Å². The van der Waals surface area contributed by atoms with Gasteiger partial charge in [-0.2, -0.15) is 0 Å². The van der Waals surface area contributed by atoms with Crippen LogP contribution in [0.15, 0.2) is 78.9 Å². The van der Waals surface area contributed by atoms with Gasteiger partial charge in [0.2, 0.25) is 0 Å². The second-order valence-electron chi connectivity index (χ2n) is 7.03. The van der Waals surface area contributed by atoms with E-state index in [-0.39, 0.29) is 18.0 Å². The molecule has 0 heterocycles. The molecule has 0 aliphatic rings. The van der Waals surface area contributed by atoms with E-state index in [1.54, 1.807) is 36.2 Å². The Morgan fingerprint density at radius 3 is 2.00 bits per heavy atom. The second-order valence-corrected chi connectivity index (χ2v) is 7.03. The minimum Gasteiger partial charge on any atom is -0.322 e. The van der Waals surface area contributed by atoms with Gasteiger partial charge in [-0.3, -0.25) is 4.79 Å². The number of urea groups is 1. The molecule has 3 rings (SSSR count). The highest BCUT2D eigenvalue weighted by Gasteiger charge is 2.17. The smallest absolute Gasteiger partial charge is 0.322 e. The number of rotatable bonds is 5. The van der Waals surface area contributed by atoms with Crippen molar-refractivity contribution in [2.24, 2.45) is 0 Å². The van der Waals surface area contributed by atoms with Crippen LogP contribution in [-0.2, 0) is 0 Å². The lowest BCUT2D eigenvalue weighted by Gasteiger charge is -2.25. The third kappa shape index (κ3) is 5.23. The van der Waals surface area contributed by atoms with Crippen LogP contribution in [0.25, 0.3) is 0 Å². The topological polar surface area (TPSA) is 61.4 Å². The summed E-state index contributed by atoms with van der Waals surface area (Å²) >= 11 is 0. The molecular formula is C24H25N3O2. The summed E-state index contributed by atoms with van der Waals surface area (Å²) in [6.45, 7) is 4.02. The predicted octanol–water partition coefficient (Wildman–Crippen LogP) is 5.47. The molecule has 0 aliphatic heterocycles. The molecule has 3 aromatic rings. The molecule has 0 aromatic heterocycles. The second kappa shape index (κ2) is 9.06. The Balaban J connectivity index is 1.60. The molecule has 0 saturated heterocycles. The first kappa shape index (κ1) is 20.1. The van der Waals surface area contributed by atoms with E-state index in [4.69, 9.17) is 0 Å². The molecule has 1 unspecified atom stereocenters. The molecule has 0 saturated carbocycles. The van der Waals surface area contributed by atoms with E-state index >= 15 is 0 Å². The quantitative estimate of drug-likeness (QED) is 0.610. The highest BCUT2D eigenvalue weighted by Crippen LogP contribution is 2.20. The van der Waals surface area contributed by atoms with E-state index in [0.29, 0.717) is 11.3 Å². The fourth-order valence-electron chi connectivity index (χ4n) is 2.89. The summed E-state index contributed by atoms with van der Waals surface area (Å²) in [6, 6.07) is 24.0. The number of nitrogens with zero attached hydrogens (tertiary/aromatic N) is 1. The minimum absolute atomic E-state index is 0.0634. The van der Waals surface area contributed by atoms with Crippen molar-refractivity contribution in [2.75, 3.05) is 17.7 Å². The van der Waals surface area contributed by atoms with Crippen LogP contribution in [0.5, 0.6) is 0 Å². The predicted molar refractivity (Wildman–Crippen MR) is 117 cm³/mol. The highest BCUT2D eigenvalue weighted by molar-refractivity contribution is 6.04. The number of nitrogens with one attached hydrogen (secondary N) is 2. The molecular weight excluding hydrogens is 362 g/mol. The Labute approximate surface area is 171 Å². The molecule has 0 bridgehead atoms. The van der Waals surface area contributed by atoms with E-state index in [1.165, 1.54) is 5.56 Å². The lowest BCUT2D eigenvalue weighted by Crippen LogP contribution is -2.33. The van der Waals surface area contributed by atoms with Crippen LogP contribution in [0.3, 0.4) is 0 Å². The average Bonchev–Trinajstić information content (AvgIpc) is 2.74. The van der Waals surface area contributed by atoms with E-state index in [2.05, 4.69) is 10.6 Å². The number of carbonyl (C=O) groups excluding carboxylic acids is 2. The lowest BCUT2D eigenvalue weighted by molar-refractivity contribution is 0.102. The van der Waals surface area contributed by atoms with Crippen molar-refractivity contribution in [1.82, 2.24) is 4.90 Å². The zero-order chi connectivity index (χ0) is 20.8. The van der Waals surface area contributed by atoms with E-state index in [0.717, 1.165) is 11.3 Å². The van der Waals surface area contributed by atoms with Gasteiger partial charge < -0.3 is 15.5 Å². The number of benzene rings is 3. The van der Waals surface area contributed by atoms with Crippen LogP contribution < -0.4 is 10.6 Å². The van der Waals surface area contributed by atoms with Crippen LogP contribution in [-0.4, -0.2) is 23.9 Å². The van der Waals surface area contributed by atoms with Gasteiger partial charge >= 0.3 is 6.03 Å². The average molecular weight is 387 g/mol. The number of para-hydroxylation sites is 1. The SMILES string of the molecule is Cc1ccc(C(C)N(C)C(=O)Nc2ccc(C(=O)Nc3ccccc3)cc2)cc1. The van der Waals surface area contributed by atoms with Gasteiger partial charge in [0.15, 0.2) is 0 Å². The summed E-state index contributed by atoms with van der Waals surface area (Å²) in [7, 11) is 1.77. The molecule has 5 nitrogen and oxygen atoms in total. The summed E-state index contributed by atoms with van der Waals surface area (Å²) in [5.41, 5.74) is 4.15. The van der Waals surface area contributed by atoms with Gasteiger partial charge in [0, 0.05) is 24.0 Å². The number of hydrogen-bond donors (Lipinski definition) is 2. The van der Waals surface area contributed by atoms with Crippen LogP contribution in [0, 0.1) is 6.92 Å². The van der Waals surface area contributed by atoms with Crippen LogP contribution in [0.4, 0.5) is 16.2 Å². The molecule has 3 amide bonds. The first-order valence-electron chi connectivity index (χ1n) is 9.51. The number of hydrogen-bond acceptors (Lipinski definition) is 2. The first-order valence-corrected chi connectivity index (χ1v) is 9.51. The van der Waals surface area contributed by atoms with Gasteiger partial charge in [-0.25, -0.2) is 4.79 Å². The summed E-state index contributed by atoms with van der Waals surface area (Å²) in [5.74, 6) is -0.195. The molecule has 0 spiro atoms. The van der Waals surface area contributed by atoms with Gasteiger partial charge in [0.05, 0.1) is 6.04 Å². The standard InChI is InChI=1S/C24H25N3O2/c1-17-9-11-19(12-10-17)18(2)27(3)24(29)26-22-15-13-20(14-16-22)23(28)25-21-7-5-4-6-8-21/h4-16,18H,1-3H3,(H,25,28)(H,26,29). The van der Waals surface area contributed by atoms with E-state index in [1.807, 2.05) is 68.4 Å². The highest BCUT2D eigenvalue weighted by atomic mass is 16.2. The summed E-state index contributed by atoms with van der Waals surface area (Å²) in [4.78, 5) is 26.6. The molecule has 3 aromatic carbocycles. The summed E-state index contributed by atoms with van der Waals surface area (Å²) in [6.07, 6.45) is 0. The molecule has 1 atom stereocenters. The molecule has 0 fully saturated rings. The summed E-state index contributed by atoms with van der Waals surface area (Å²) in [5, 5.41) is 5.71. The van der Waals surface area contributed by atoms with Crippen molar-refractivity contribution in [3.05, 3.63) is 95.6 Å². The van der Waals surface area contributed by atoms with Crippen molar-refractivity contribution >= 4 is 23.3 Å². The Bertz CT molecular complexity index is 967. The molecule has 0 aliphatic carbocycles.